The molecule has 5 nitrogen and oxygen atoms in total. The van der Waals surface area contributed by atoms with E-state index in [1.807, 2.05) is 24.3 Å². The molecule has 9 heteroatoms. The summed E-state index contributed by atoms with van der Waals surface area (Å²) in [6, 6.07) is 18.4. The summed E-state index contributed by atoms with van der Waals surface area (Å²) in [6.45, 7) is 0.202. The Morgan fingerprint density at radius 1 is 1.06 bits per heavy atom. The Kier molecular flexibility index (Phi) is 6.84. The maximum Gasteiger partial charge on any atom is 0.435 e. The van der Waals surface area contributed by atoms with Gasteiger partial charge in [-0.15, -0.1) is 0 Å². The summed E-state index contributed by atoms with van der Waals surface area (Å²) in [6.07, 6.45) is -2.92. The lowest BCUT2D eigenvalue weighted by molar-refractivity contribution is -0.141. The van der Waals surface area contributed by atoms with Gasteiger partial charge in [0, 0.05) is 30.9 Å². The summed E-state index contributed by atoms with van der Waals surface area (Å²) >= 11 is 5.95. The molecule has 0 radical (unpaired) electrons. The van der Waals surface area contributed by atoms with E-state index in [0.717, 1.165) is 21.9 Å². The monoisotopic (exact) mass is 499 g/mol. The van der Waals surface area contributed by atoms with Crippen molar-refractivity contribution in [3.05, 3.63) is 88.6 Å². The van der Waals surface area contributed by atoms with Crippen LogP contribution in [-0.4, -0.2) is 28.1 Å². The molecule has 0 unspecified atom stereocenters. The lowest BCUT2D eigenvalue weighted by atomic mass is 9.97. The highest BCUT2D eigenvalue weighted by Gasteiger charge is 2.35. The van der Waals surface area contributed by atoms with Crippen LogP contribution >= 0.6 is 11.6 Å². The Morgan fingerprint density at radius 2 is 1.74 bits per heavy atom. The van der Waals surface area contributed by atoms with E-state index in [1.54, 1.807) is 43.6 Å². The minimum atomic E-state index is -4.60. The van der Waals surface area contributed by atoms with Gasteiger partial charge in [0.2, 0.25) is 0 Å². The standard InChI is InChI=1S/C26H21ClF3N3O2/c1-31-14-16-3-7-18(8-4-16)24-22(35-15-17-5-9-19(27)10-6-17)12-11-20(25(24)34)21-13-23(26(28,29)30)32-33(21)2/h3-14,34H,15H2,1-2H3/b31-14-. The predicted molar refractivity (Wildman–Crippen MR) is 130 cm³/mol. The molecule has 0 amide bonds. The molecular weight excluding hydrogens is 479 g/mol. The molecule has 180 valence electrons. The minimum absolute atomic E-state index is 0.120. The number of rotatable bonds is 6. The molecule has 1 heterocycles. The Bertz CT molecular complexity index is 1360. The quantitative estimate of drug-likeness (QED) is 0.298. The van der Waals surface area contributed by atoms with Gasteiger partial charge < -0.3 is 9.84 Å². The zero-order valence-electron chi connectivity index (χ0n) is 18.8. The molecule has 35 heavy (non-hydrogen) atoms. The fourth-order valence-electron chi connectivity index (χ4n) is 3.66. The van der Waals surface area contributed by atoms with Crippen LogP contribution < -0.4 is 4.74 Å². The first-order chi connectivity index (χ1) is 16.7. The third-order valence-corrected chi connectivity index (χ3v) is 5.62. The van der Waals surface area contributed by atoms with Crippen molar-refractivity contribution in [2.45, 2.75) is 12.8 Å². The Labute approximate surface area is 205 Å². The van der Waals surface area contributed by atoms with Crippen molar-refractivity contribution in [3.63, 3.8) is 0 Å². The van der Waals surface area contributed by atoms with Crippen LogP contribution in [0.4, 0.5) is 13.2 Å². The zero-order valence-corrected chi connectivity index (χ0v) is 19.6. The van der Waals surface area contributed by atoms with Gasteiger partial charge in [-0.1, -0.05) is 48.0 Å². The van der Waals surface area contributed by atoms with E-state index in [4.69, 9.17) is 16.3 Å². The summed E-state index contributed by atoms with van der Waals surface area (Å²) < 4.78 is 46.8. The molecule has 0 atom stereocenters. The van der Waals surface area contributed by atoms with Crippen molar-refractivity contribution in [1.29, 1.82) is 0 Å². The maximum atomic E-state index is 13.2. The highest BCUT2D eigenvalue weighted by atomic mass is 35.5. The summed E-state index contributed by atoms with van der Waals surface area (Å²) in [7, 11) is 3.06. The molecule has 0 aliphatic heterocycles. The molecule has 0 aliphatic carbocycles. The van der Waals surface area contributed by atoms with Crippen LogP contribution in [0.3, 0.4) is 0 Å². The number of halogens is 4. The number of hydrogen-bond donors (Lipinski definition) is 1. The summed E-state index contributed by atoms with van der Waals surface area (Å²) in [5.41, 5.74) is 1.98. The Morgan fingerprint density at radius 3 is 2.34 bits per heavy atom. The maximum absolute atomic E-state index is 13.2. The predicted octanol–water partition coefficient (Wildman–Crippen LogP) is 6.76. The van der Waals surface area contributed by atoms with Gasteiger partial charge in [0.15, 0.2) is 5.69 Å². The lowest BCUT2D eigenvalue weighted by Gasteiger charge is -2.17. The zero-order chi connectivity index (χ0) is 25.2. The third-order valence-electron chi connectivity index (χ3n) is 5.37. The molecular formula is C26H21ClF3N3O2. The first kappa shape index (κ1) is 24.3. The second-order valence-corrected chi connectivity index (χ2v) is 8.23. The van der Waals surface area contributed by atoms with Gasteiger partial charge in [0.25, 0.3) is 0 Å². The van der Waals surface area contributed by atoms with Crippen LogP contribution in [0, 0.1) is 0 Å². The number of phenols is 1. The molecule has 0 saturated heterocycles. The van der Waals surface area contributed by atoms with E-state index < -0.39 is 11.9 Å². The van der Waals surface area contributed by atoms with E-state index in [-0.39, 0.29) is 23.6 Å². The van der Waals surface area contributed by atoms with Crippen molar-refractivity contribution in [1.82, 2.24) is 9.78 Å². The van der Waals surface area contributed by atoms with Gasteiger partial charge in [0.05, 0.1) is 11.3 Å². The third kappa shape index (κ3) is 5.33. The first-order valence-electron chi connectivity index (χ1n) is 10.5. The average Bonchev–Trinajstić information content (AvgIpc) is 3.22. The van der Waals surface area contributed by atoms with Gasteiger partial charge in [-0.2, -0.15) is 18.3 Å². The van der Waals surface area contributed by atoms with Crippen LogP contribution in [-0.2, 0) is 19.8 Å². The second kappa shape index (κ2) is 9.84. The molecule has 0 spiro atoms. The van der Waals surface area contributed by atoms with Crippen molar-refractivity contribution < 1.29 is 23.0 Å². The van der Waals surface area contributed by atoms with Crippen molar-refractivity contribution in [2.24, 2.45) is 12.0 Å². The number of aromatic nitrogens is 2. The van der Waals surface area contributed by atoms with E-state index in [1.165, 1.54) is 13.1 Å². The molecule has 0 aliphatic rings. The summed E-state index contributed by atoms with van der Waals surface area (Å²) in [5.74, 6) is 0.156. The fourth-order valence-corrected chi connectivity index (χ4v) is 3.79. The Balaban J connectivity index is 1.80. The molecule has 4 rings (SSSR count). The van der Waals surface area contributed by atoms with Crippen LogP contribution in [0.25, 0.3) is 22.4 Å². The van der Waals surface area contributed by atoms with E-state index in [9.17, 15) is 18.3 Å². The van der Waals surface area contributed by atoms with Gasteiger partial charge in [0.1, 0.15) is 18.1 Å². The van der Waals surface area contributed by atoms with Crippen molar-refractivity contribution in [2.75, 3.05) is 7.05 Å². The summed E-state index contributed by atoms with van der Waals surface area (Å²) in [5, 5.41) is 15.4. The van der Waals surface area contributed by atoms with Crippen LogP contribution in [0.15, 0.2) is 71.7 Å². The van der Waals surface area contributed by atoms with Crippen molar-refractivity contribution >= 4 is 17.8 Å². The second-order valence-electron chi connectivity index (χ2n) is 7.80. The molecule has 0 fully saturated rings. The van der Waals surface area contributed by atoms with Gasteiger partial charge in [-0.25, -0.2) is 0 Å². The Hall–Kier alpha value is -3.78. The molecule has 1 N–H and O–H groups in total. The van der Waals surface area contributed by atoms with E-state index in [2.05, 4.69) is 10.1 Å². The first-order valence-corrected chi connectivity index (χ1v) is 10.9. The highest BCUT2D eigenvalue weighted by Crippen LogP contribution is 2.45. The molecule has 3 aromatic carbocycles. The number of aryl methyl sites for hydroxylation is 1. The molecule has 0 saturated carbocycles. The van der Waals surface area contributed by atoms with Crippen LogP contribution in [0.1, 0.15) is 16.8 Å². The summed E-state index contributed by atoms with van der Waals surface area (Å²) in [4.78, 5) is 3.99. The van der Waals surface area contributed by atoms with Crippen LogP contribution in [0.2, 0.25) is 5.02 Å². The fraction of sp³-hybridized carbons (Fsp3) is 0.154. The average molecular weight is 500 g/mol. The van der Waals surface area contributed by atoms with Gasteiger partial charge in [-0.05, 0) is 47.0 Å². The number of hydrogen-bond acceptors (Lipinski definition) is 4. The van der Waals surface area contributed by atoms with Gasteiger partial charge in [-0.3, -0.25) is 9.67 Å². The molecule has 0 bridgehead atoms. The molecule has 1 aromatic heterocycles. The highest BCUT2D eigenvalue weighted by molar-refractivity contribution is 6.30. The number of phenolic OH excluding ortho intramolecular Hbond substituents is 1. The number of benzene rings is 3. The smallest absolute Gasteiger partial charge is 0.435 e. The number of nitrogens with zero attached hydrogens (tertiary/aromatic N) is 3. The van der Waals surface area contributed by atoms with Crippen LogP contribution in [0.5, 0.6) is 11.5 Å². The van der Waals surface area contributed by atoms with Gasteiger partial charge >= 0.3 is 6.18 Å². The minimum Gasteiger partial charge on any atom is -0.506 e. The largest absolute Gasteiger partial charge is 0.506 e. The van der Waals surface area contributed by atoms with E-state index in [0.29, 0.717) is 21.9 Å². The number of aromatic hydroxyl groups is 1. The number of ether oxygens (including phenoxy) is 1. The SMILES string of the molecule is C/N=C\c1ccc(-c2c(OCc3ccc(Cl)cc3)ccc(-c3cc(C(F)(F)F)nn3C)c2O)cc1. The molecule has 4 aromatic rings. The normalized spacial score (nSPS) is 11.8. The lowest BCUT2D eigenvalue weighted by Crippen LogP contribution is -2.06. The van der Waals surface area contributed by atoms with Crippen molar-refractivity contribution in [3.8, 4) is 33.9 Å². The topological polar surface area (TPSA) is 59.6 Å². The number of aliphatic imine (C=N–C) groups is 1. The number of alkyl halides is 3. The van der Waals surface area contributed by atoms with E-state index >= 15 is 0 Å².